The lowest BCUT2D eigenvalue weighted by Crippen LogP contribution is -2.36. The highest BCUT2D eigenvalue weighted by Gasteiger charge is 2.28. The van der Waals surface area contributed by atoms with Crippen molar-refractivity contribution in [3.05, 3.63) is 29.8 Å². The number of carbonyl (C=O) groups is 1. The number of nitrogens with one attached hydrogen (secondary N) is 2. The van der Waals surface area contributed by atoms with Gasteiger partial charge in [-0.2, -0.15) is 0 Å². The van der Waals surface area contributed by atoms with E-state index in [0.29, 0.717) is 5.69 Å². The van der Waals surface area contributed by atoms with Crippen molar-refractivity contribution in [2.45, 2.75) is 39.5 Å². The Morgan fingerprint density at radius 3 is 2.32 bits per heavy atom. The molecule has 1 aromatic rings. The van der Waals surface area contributed by atoms with Crippen molar-refractivity contribution in [2.24, 2.45) is 0 Å². The molecule has 0 bridgehead atoms. The normalized spacial score (nSPS) is 15.2. The summed E-state index contributed by atoms with van der Waals surface area (Å²) < 4.78 is 22.7. The van der Waals surface area contributed by atoms with Gasteiger partial charge in [-0.1, -0.05) is 12.1 Å². The van der Waals surface area contributed by atoms with E-state index in [0.717, 1.165) is 5.56 Å². The summed E-state index contributed by atoms with van der Waals surface area (Å²) in [7, 11) is -2.18. The van der Waals surface area contributed by atoms with Crippen LogP contribution in [-0.2, 0) is 25.2 Å². The molecule has 2 unspecified atom stereocenters. The average molecular weight is 330 g/mol. The first-order chi connectivity index (χ1) is 10.3. The number of benzene rings is 1. The number of aliphatic hydroxyl groups is 1. The monoisotopic (exact) mass is 330 g/mol. The third-order valence-electron chi connectivity index (χ3n) is 2.74. The first-order valence-electron chi connectivity index (χ1n) is 6.92. The number of anilines is 1. The Bertz CT molecular complexity index is 533. The van der Waals surface area contributed by atoms with Crippen molar-refractivity contribution >= 4 is 19.3 Å². The lowest BCUT2D eigenvalue weighted by atomic mass is 10.2. The number of hydrogen-bond acceptors (Lipinski definition) is 5. The van der Waals surface area contributed by atoms with E-state index in [1.807, 2.05) is 0 Å². The molecule has 0 spiro atoms. The molecule has 0 saturated heterocycles. The summed E-state index contributed by atoms with van der Waals surface area (Å²) in [5.74, 6) is -0.510. The van der Waals surface area contributed by atoms with Crippen LogP contribution in [0.1, 0.15) is 26.3 Å². The molecule has 0 aliphatic heterocycles. The van der Waals surface area contributed by atoms with Gasteiger partial charge in [0.25, 0.3) is 0 Å². The molecule has 0 aliphatic carbocycles. The SMILES string of the molecule is COP(=O)(Nc1ccc(CO)cc1)NC(C)C(=O)OC(C)C. The fourth-order valence-electron chi connectivity index (χ4n) is 1.63. The number of hydrogen-bond donors (Lipinski definition) is 3. The third-order valence-corrected chi connectivity index (χ3v) is 4.53. The molecule has 8 heteroatoms. The molecule has 0 fully saturated rings. The Hall–Kier alpha value is -1.40. The second-order valence-corrected chi connectivity index (χ2v) is 6.99. The van der Waals surface area contributed by atoms with Crippen LogP contribution >= 0.6 is 7.67 Å². The van der Waals surface area contributed by atoms with Gasteiger partial charge in [-0.3, -0.25) is 4.79 Å². The van der Waals surface area contributed by atoms with Gasteiger partial charge < -0.3 is 19.5 Å². The Morgan fingerprint density at radius 2 is 1.86 bits per heavy atom. The van der Waals surface area contributed by atoms with Gasteiger partial charge in [-0.25, -0.2) is 9.65 Å². The first-order valence-corrected chi connectivity index (χ1v) is 8.54. The van der Waals surface area contributed by atoms with Gasteiger partial charge >= 0.3 is 13.6 Å². The molecule has 0 radical (unpaired) electrons. The zero-order valence-corrected chi connectivity index (χ0v) is 14.1. The van der Waals surface area contributed by atoms with E-state index >= 15 is 0 Å². The topological polar surface area (TPSA) is 96.9 Å². The van der Waals surface area contributed by atoms with Gasteiger partial charge in [0.2, 0.25) is 0 Å². The first kappa shape index (κ1) is 18.6. The third kappa shape index (κ3) is 5.77. The minimum atomic E-state index is -3.46. The molecule has 1 rings (SSSR count). The van der Waals surface area contributed by atoms with Crippen molar-refractivity contribution in [3.63, 3.8) is 0 Å². The molecule has 1 aromatic carbocycles. The van der Waals surface area contributed by atoms with Crippen molar-refractivity contribution in [1.82, 2.24) is 5.09 Å². The molecule has 22 heavy (non-hydrogen) atoms. The van der Waals surface area contributed by atoms with Crippen LogP contribution in [0.4, 0.5) is 5.69 Å². The van der Waals surface area contributed by atoms with E-state index < -0.39 is 19.7 Å². The second-order valence-electron chi connectivity index (χ2n) is 5.04. The molecule has 0 aliphatic rings. The van der Waals surface area contributed by atoms with Crippen LogP contribution in [0.3, 0.4) is 0 Å². The summed E-state index contributed by atoms with van der Waals surface area (Å²) in [5, 5.41) is 14.3. The maximum atomic E-state index is 12.6. The van der Waals surface area contributed by atoms with Crippen molar-refractivity contribution in [2.75, 3.05) is 12.2 Å². The number of aliphatic hydroxyl groups excluding tert-OH is 1. The van der Waals surface area contributed by atoms with E-state index in [2.05, 4.69) is 10.2 Å². The highest BCUT2D eigenvalue weighted by atomic mass is 31.2. The average Bonchev–Trinajstić information content (AvgIpc) is 2.47. The quantitative estimate of drug-likeness (QED) is 0.497. The molecule has 0 saturated carbocycles. The smallest absolute Gasteiger partial charge is 0.366 e. The predicted molar refractivity (Wildman–Crippen MR) is 84.4 cm³/mol. The van der Waals surface area contributed by atoms with Crippen molar-refractivity contribution < 1.29 is 23.7 Å². The van der Waals surface area contributed by atoms with Gasteiger partial charge in [-0.05, 0) is 38.5 Å². The number of ether oxygens (including phenoxy) is 1. The van der Waals surface area contributed by atoms with E-state index in [-0.39, 0.29) is 12.7 Å². The van der Waals surface area contributed by atoms with E-state index in [1.165, 1.54) is 7.11 Å². The summed E-state index contributed by atoms with van der Waals surface area (Å²) in [4.78, 5) is 11.8. The maximum absolute atomic E-state index is 12.6. The summed E-state index contributed by atoms with van der Waals surface area (Å²) >= 11 is 0. The molecule has 124 valence electrons. The summed E-state index contributed by atoms with van der Waals surface area (Å²) in [6, 6.07) is 5.92. The summed E-state index contributed by atoms with van der Waals surface area (Å²) in [6.07, 6.45) is -0.252. The molecule has 7 nitrogen and oxygen atoms in total. The lowest BCUT2D eigenvalue weighted by molar-refractivity contribution is -0.149. The molecule has 3 N–H and O–H groups in total. The fourth-order valence-corrected chi connectivity index (χ4v) is 2.99. The second kappa shape index (κ2) is 8.29. The van der Waals surface area contributed by atoms with E-state index in [1.54, 1.807) is 45.0 Å². The summed E-state index contributed by atoms with van der Waals surface area (Å²) in [5.41, 5.74) is 1.28. The molecular formula is C14H23N2O5P. The van der Waals surface area contributed by atoms with Crippen LogP contribution in [0.25, 0.3) is 0 Å². The van der Waals surface area contributed by atoms with Crippen LogP contribution < -0.4 is 10.2 Å². The highest BCUT2D eigenvalue weighted by molar-refractivity contribution is 7.58. The van der Waals surface area contributed by atoms with Gasteiger partial charge in [0.05, 0.1) is 12.7 Å². The van der Waals surface area contributed by atoms with Crippen LogP contribution in [0.5, 0.6) is 0 Å². The molecule has 0 amide bonds. The maximum Gasteiger partial charge on any atom is 0.366 e. The Labute approximate surface area is 130 Å². The Morgan fingerprint density at radius 1 is 1.27 bits per heavy atom. The number of esters is 1. The summed E-state index contributed by atoms with van der Waals surface area (Å²) in [6.45, 7) is 4.95. The Kier molecular flexibility index (Phi) is 7.03. The Balaban J connectivity index is 2.74. The van der Waals surface area contributed by atoms with Gasteiger partial charge in [0.1, 0.15) is 6.04 Å². The van der Waals surface area contributed by atoms with E-state index in [9.17, 15) is 9.36 Å². The lowest BCUT2D eigenvalue weighted by Gasteiger charge is -2.23. The standard InChI is InChI=1S/C14H23N2O5P/c1-10(2)21-14(18)11(3)15-22(19,20-4)16-13-7-5-12(9-17)6-8-13/h5-8,10-11,17H,9H2,1-4H3,(H2,15,16,19). The zero-order valence-electron chi connectivity index (χ0n) is 13.2. The fraction of sp³-hybridized carbons (Fsp3) is 0.500. The zero-order chi connectivity index (χ0) is 16.8. The van der Waals surface area contributed by atoms with Crippen molar-refractivity contribution in [3.8, 4) is 0 Å². The minimum Gasteiger partial charge on any atom is -0.462 e. The molecular weight excluding hydrogens is 307 g/mol. The van der Waals surface area contributed by atoms with E-state index in [4.69, 9.17) is 14.4 Å². The minimum absolute atomic E-state index is 0.0709. The molecule has 2 atom stereocenters. The van der Waals surface area contributed by atoms with Crippen LogP contribution in [0.15, 0.2) is 24.3 Å². The van der Waals surface area contributed by atoms with Gasteiger partial charge in [-0.15, -0.1) is 0 Å². The number of rotatable bonds is 8. The van der Waals surface area contributed by atoms with Crippen molar-refractivity contribution in [1.29, 1.82) is 0 Å². The van der Waals surface area contributed by atoms with Crippen LogP contribution in [0.2, 0.25) is 0 Å². The predicted octanol–water partition coefficient (Wildman–Crippen LogP) is 2.28. The molecule has 0 heterocycles. The van der Waals surface area contributed by atoms with Crippen LogP contribution in [0, 0.1) is 0 Å². The van der Waals surface area contributed by atoms with Gasteiger partial charge in [0, 0.05) is 12.8 Å². The largest absolute Gasteiger partial charge is 0.462 e. The van der Waals surface area contributed by atoms with Gasteiger partial charge in [0.15, 0.2) is 0 Å². The molecule has 0 aromatic heterocycles. The van der Waals surface area contributed by atoms with Crippen LogP contribution in [-0.4, -0.2) is 30.3 Å². The number of carbonyl (C=O) groups excluding carboxylic acids is 1. The highest BCUT2D eigenvalue weighted by Crippen LogP contribution is 2.42.